The molecular formula is C22H32N4O2. The van der Waals surface area contributed by atoms with Crippen LogP contribution in [0.2, 0.25) is 0 Å². The van der Waals surface area contributed by atoms with Gasteiger partial charge in [-0.3, -0.25) is 4.90 Å². The van der Waals surface area contributed by atoms with Crippen LogP contribution in [0.5, 0.6) is 0 Å². The Bertz CT molecular complexity index is 723. The van der Waals surface area contributed by atoms with Crippen LogP contribution in [0.15, 0.2) is 36.2 Å². The van der Waals surface area contributed by atoms with Crippen LogP contribution in [0, 0.1) is 11.8 Å². The fraction of sp³-hybridized carbons (Fsp3) is 0.636. The standard InChI is InChI=1S/C22H32N4O2/c1-15(2)21(27)19-13-23-22(24-14-19)26-9-7-25(8-10-26)16(3)18-5-4-17-6-11-28-20(17)12-18/h4-5,12-17,20-21,27H,6-11H2,1-3H3. The predicted molar refractivity (Wildman–Crippen MR) is 110 cm³/mol. The van der Waals surface area contributed by atoms with E-state index < -0.39 is 6.10 Å². The van der Waals surface area contributed by atoms with Crippen LogP contribution in [0.3, 0.4) is 0 Å². The molecule has 1 N–H and O–H groups in total. The first-order chi connectivity index (χ1) is 13.5. The zero-order valence-corrected chi connectivity index (χ0v) is 17.2. The zero-order chi connectivity index (χ0) is 19.7. The van der Waals surface area contributed by atoms with Gasteiger partial charge in [0.15, 0.2) is 0 Å². The zero-order valence-electron chi connectivity index (χ0n) is 17.2. The van der Waals surface area contributed by atoms with E-state index in [0.717, 1.165) is 50.7 Å². The number of hydrogen-bond acceptors (Lipinski definition) is 6. The average molecular weight is 385 g/mol. The molecule has 3 aliphatic rings. The summed E-state index contributed by atoms with van der Waals surface area (Å²) in [6.45, 7) is 11.0. The third kappa shape index (κ3) is 4.00. The summed E-state index contributed by atoms with van der Waals surface area (Å²) in [5.41, 5.74) is 2.16. The van der Waals surface area contributed by atoms with Crippen molar-refractivity contribution in [2.75, 3.05) is 37.7 Å². The number of aromatic nitrogens is 2. The monoisotopic (exact) mass is 384 g/mol. The topological polar surface area (TPSA) is 61.7 Å². The Morgan fingerprint density at radius 1 is 1.11 bits per heavy atom. The Morgan fingerprint density at radius 3 is 2.50 bits per heavy atom. The van der Waals surface area contributed by atoms with Gasteiger partial charge in [0.1, 0.15) is 0 Å². The number of aliphatic hydroxyl groups excluding tert-OH is 1. The van der Waals surface area contributed by atoms with Crippen molar-refractivity contribution in [3.05, 3.63) is 41.8 Å². The van der Waals surface area contributed by atoms with Gasteiger partial charge in [-0.15, -0.1) is 0 Å². The van der Waals surface area contributed by atoms with Gasteiger partial charge >= 0.3 is 0 Å². The van der Waals surface area contributed by atoms with Gasteiger partial charge in [-0.1, -0.05) is 32.1 Å². The number of aliphatic hydroxyl groups is 1. The third-order valence-electron chi connectivity index (χ3n) is 6.33. The summed E-state index contributed by atoms with van der Waals surface area (Å²) in [6.07, 6.45) is 11.4. The lowest BCUT2D eigenvalue weighted by atomic mass is 9.90. The highest BCUT2D eigenvalue weighted by molar-refractivity contribution is 5.34. The molecule has 2 aliphatic heterocycles. The van der Waals surface area contributed by atoms with Gasteiger partial charge in [0.25, 0.3) is 0 Å². The first kappa shape index (κ1) is 19.6. The van der Waals surface area contributed by atoms with Crippen molar-refractivity contribution in [2.45, 2.75) is 45.4 Å². The van der Waals surface area contributed by atoms with Crippen molar-refractivity contribution >= 4 is 5.95 Å². The van der Waals surface area contributed by atoms with Crippen molar-refractivity contribution in [3.63, 3.8) is 0 Å². The first-order valence-electron chi connectivity index (χ1n) is 10.5. The van der Waals surface area contributed by atoms with E-state index in [-0.39, 0.29) is 12.0 Å². The Balaban J connectivity index is 1.34. The molecule has 4 atom stereocenters. The summed E-state index contributed by atoms with van der Waals surface area (Å²) in [6, 6.07) is 0.396. The molecule has 4 rings (SSSR count). The van der Waals surface area contributed by atoms with E-state index in [0.29, 0.717) is 12.0 Å². The van der Waals surface area contributed by atoms with E-state index in [2.05, 4.69) is 44.9 Å². The second-order valence-electron chi connectivity index (χ2n) is 8.52. The second kappa shape index (κ2) is 8.31. The first-order valence-corrected chi connectivity index (χ1v) is 10.5. The van der Waals surface area contributed by atoms with Crippen LogP contribution in [-0.2, 0) is 4.74 Å². The Morgan fingerprint density at radius 2 is 1.82 bits per heavy atom. The summed E-state index contributed by atoms with van der Waals surface area (Å²) < 4.78 is 5.85. The molecule has 2 fully saturated rings. The van der Waals surface area contributed by atoms with Gasteiger partial charge in [-0.2, -0.15) is 0 Å². The number of anilines is 1. The van der Waals surface area contributed by atoms with E-state index >= 15 is 0 Å². The molecule has 6 heteroatoms. The molecule has 1 aliphatic carbocycles. The molecule has 4 unspecified atom stereocenters. The van der Waals surface area contributed by atoms with Gasteiger partial charge in [-0.25, -0.2) is 9.97 Å². The van der Waals surface area contributed by atoms with Crippen LogP contribution in [0.4, 0.5) is 5.95 Å². The molecule has 152 valence electrons. The highest BCUT2D eigenvalue weighted by atomic mass is 16.5. The summed E-state index contributed by atoms with van der Waals surface area (Å²) in [4.78, 5) is 13.8. The van der Waals surface area contributed by atoms with E-state index in [1.807, 2.05) is 13.8 Å². The lowest BCUT2D eigenvalue weighted by Crippen LogP contribution is -2.50. The van der Waals surface area contributed by atoms with Crippen molar-refractivity contribution in [1.29, 1.82) is 0 Å². The lowest BCUT2D eigenvalue weighted by Gasteiger charge is -2.39. The Kier molecular flexibility index (Phi) is 5.80. The molecule has 3 heterocycles. The quantitative estimate of drug-likeness (QED) is 0.842. The number of piperazine rings is 1. The minimum Gasteiger partial charge on any atom is -0.388 e. The number of hydrogen-bond donors (Lipinski definition) is 1. The predicted octanol–water partition coefficient (Wildman–Crippen LogP) is 2.58. The molecule has 2 saturated heterocycles. The van der Waals surface area contributed by atoms with Gasteiger partial charge in [0.2, 0.25) is 5.95 Å². The normalized spacial score (nSPS) is 27.6. The molecule has 1 aromatic heterocycles. The minimum atomic E-state index is -0.507. The summed E-state index contributed by atoms with van der Waals surface area (Å²) in [7, 11) is 0. The lowest BCUT2D eigenvalue weighted by molar-refractivity contribution is 0.126. The molecule has 6 nitrogen and oxygen atoms in total. The second-order valence-corrected chi connectivity index (χ2v) is 8.52. The van der Waals surface area contributed by atoms with E-state index in [1.54, 1.807) is 12.4 Å². The van der Waals surface area contributed by atoms with Crippen LogP contribution in [0.25, 0.3) is 0 Å². The fourth-order valence-electron chi connectivity index (χ4n) is 4.32. The maximum absolute atomic E-state index is 10.2. The van der Waals surface area contributed by atoms with Gasteiger partial charge in [0.05, 0.1) is 12.2 Å². The van der Waals surface area contributed by atoms with Crippen molar-refractivity contribution in [1.82, 2.24) is 14.9 Å². The van der Waals surface area contributed by atoms with E-state index in [9.17, 15) is 5.11 Å². The van der Waals surface area contributed by atoms with Gasteiger partial charge in [0, 0.05) is 62.7 Å². The van der Waals surface area contributed by atoms with E-state index in [1.165, 1.54) is 5.57 Å². The molecule has 0 amide bonds. The summed E-state index contributed by atoms with van der Waals surface area (Å²) in [5, 5.41) is 10.2. The van der Waals surface area contributed by atoms with E-state index in [4.69, 9.17) is 4.74 Å². The third-order valence-corrected chi connectivity index (χ3v) is 6.33. The fourth-order valence-corrected chi connectivity index (χ4v) is 4.32. The largest absolute Gasteiger partial charge is 0.388 e. The number of rotatable bonds is 5. The maximum Gasteiger partial charge on any atom is 0.225 e. The molecule has 28 heavy (non-hydrogen) atoms. The summed E-state index contributed by atoms with van der Waals surface area (Å²) in [5.74, 6) is 1.49. The molecular weight excluding hydrogens is 352 g/mol. The van der Waals surface area contributed by atoms with Gasteiger partial charge < -0.3 is 14.7 Å². The van der Waals surface area contributed by atoms with Gasteiger partial charge in [-0.05, 0) is 24.8 Å². The SMILES string of the molecule is CC(C)C(O)c1cnc(N2CCN(C(C)C3=CC4OCCC4C=C3)CC2)nc1. The van der Waals surface area contributed by atoms with Crippen LogP contribution < -0.4 is 4.90 Å². The Labute approximate surface area is 167 Å². The number of fused-ring (bicyclic) bond motifs is 1. The number of nitrogens with zero attached hydrogens (tertiary/aromatic N) is 4. The molecule has 1 aromatic rings. The molecule has 0 spiro atoms. The van der Waals surface area contributed by atoms with Crippen molar-refractivity contribution < 1.29 is 9.84 Å². The summed E-state index contributed by atoms with van der Waals surface area (Å²) >= 11 is 0. The van der Waals surface area contributed by atoms with Crippen LogP contribution >= 0.6 is 0 Å². The minimum absolute atomic E-state index is 0.160. The average Bonchev–Trinajstić information content (AvgIpc) is 3.21. The smallest absolute Gasteiger partial charge is 0.225 e. The highest BCUT2D eigenvalue weighted by Gasteiger charge is 2.30. The molecule has 0 bridgehead atoms. The number of ether oxygens (including phenoxy) is 1. The molecule has 0 aromatic carbocycles. The molecule has 0 radical (unpaired) electrons. The van der Waals surface area contributed by atoms with Crippen LogP contribution in [-0.4, -0.2) is 64.9 Å². The van der Waals surface area contributed by atoms with Crippen molar-refractivity contribution in [3.8, 4) is 0 Å². The maximum atomic E-state index is 10.2. The molecule has 0 saturated carbocycles. The Hall–Kier alpha value is -1.76. The van der Waals surface area contributed by atoms with Crippen molar-refractivity contribution in [2.24, 2.45) is 11.8 Å². The highest BCUT2D eigenvalue weighted by Crippen LogP contribution is 2.30. The van der Waals surface area contributed by atoms with Crippen LogP contribution in [0.1, 0.15) is 38.9 Å².